The maximum atomic E-state index is 11.8. The Labute approximate surface area is 255 Å². The summed E-state index contributed by atoms with van der Waals surface area (Å²) in [6.45, 7) is 15.7. The molecule has 0 atom stereocenters. The molecule has 0 saturated carbocycles. The van der Waals surface area contributed by atoms with Crippen LogP contribution >= 0.6 is 0 Å². The van der Waals surface area contributed by atoms with Crippen LogP contribution in [-0.4, -0.2) is 25.9 Å². The van der Waals surface area contributed by atoms with Crippen molar-refractivity contribution in [2.45, 2.75) is 88.9 Å². The minimum Gasteiger partial charge on any atom is -0.744 e. The van der Waals surface area contributed by atoms with Crippen molar-refractivity contribution in [3.05, 3.63) is 82.9 Å². The van der Waals surface area contributed by atoms with Gasteiger partial charge < -0.3 is 9.11 Å². The second-order valence-electron chi connectivity index (χ2n) is 11.4. The van der Waals surface area contributed by atoms with Gasteiger partial charge in [-0.05, 0) is 67.5 Å². The predicted molar refractivity (Wildman–Crippen MR) is 160 cm³/mol. The molecule has 0 unspecified atom stereocenters. The molecule has 0 aliphatic carbocycles. The summed E-state index contributed by atoms with van der Waals surface area (Å²) in [4.78, 5) is -0.0939. The van der Waals surface area contributed by atoms with Gasteiger partial charge in [0.1, 0.15) is 20.2 Å². The topological polar surface area (TPSA) is 114 Å². The first-order valence-corrected chi connectivity index (χ1v) is 16.3. The number of hydrogen-bond acceptors (Lipinski definition) is 6. The largest absolute Gasteiger partial charge is 2.00 e. The smallest absolute Gasteiger partial charge is 0.744 e. The van der Waals surface area contributed by atoms with Crippen LogP contribution in [0.15, 0.2) is 70.5 Å². The van der Waals surface area contributed by atoms with Gasteiger partial charge in [0.05, 0.1) is 9.79 Å². The minimum absolute atomic E-state index is 0. The summed E-state index contributed by atoms with van der Waals surface area (Å²) < 4.78 is 70.7. The van der Waals surface area contributed by atoms with Gasteiger partial charge in [-0.15, -0.1) is 0 Å². The molecule has 0 spiro atoms. The fraction of sp³-hybridized carbons (Fsp3) is 0.375. The fourth-order valence-corrected chi connectivity index (χ4v) is 7.54. The first-order valence-electron chi connectivity index (χ1n) is 13.5. The molecule has 0 aromatic heterocycles. The summed E-state index contributed by atoms with van der Waals surface area (Å²) in [5.41, 5.74) is 3.20. The van der Waals surface area contributed by atoms with E-state index in [-0.39, 0.29) is 50.5 Å². The van der Waals surface area contributed by atoms with Crippen molar-refractivity contribution in [3.63, 3.8) is 0 Å². The van der Waals surface area contributed by atoms with Gasteiger partial charge in [-0.3, -0.25) is 0 Å². The van der Waals surface area contributed by atoms with Crippen molar-refractivity contribution >= 4 is 41.8 Å². The van der Waals surface area contributed by atoms with Gasteiger partial charge >= 0.3 is 17.1 Å². The number of rotatable bonds is 6. The SMILES string of the molecule is CC(C)c1cc2ccccc2c(S(=O)(=O)[O-])c1C(C)C.CC(C)c1cc2ccccc2c(S(=O)(=O)[O-])c1C(C)C.[Fe+2]. The van der Waals surface area contributed by atoms with E-state index in [9.17, 15) is 25.9 Å². The van der Waals surface area contributed by atoms with Crippen molar-refractivity contribution in [3.8, 4) is 0 Å². The third kappa shape index (κ3) is 7.58. The fourth-order valence-electron chi connectivity index (χ4n) is 5.39. The van der Waals surface area contributed by atoms with Crippen LogP contribution in [0.1, 0.15) is 101 Å². The molecule has 9 heteroatoms. The zero-order valence-corrected chi connectivity index (χ0v) is 27.4. The monoisotopic (exact) mass is 638 g/mol. The van der Waals surface area contributed by atoms with Crippen molar-refractivity contribution in [2.75, 3.05) is 0 Å². The summed E-state index contributed by atoms with van der Waals surface area (Å²) in [7, 11) is -9.02. The molecular formula is C32H38FeO6S2. The Kier molecular flexibility index (Phi) is 11.4. The molecule has 222 valence electrons. The standard InChI is InChI=1S/2C16H20O3S.Fe/c2*1-10(2)14-9-12-7-5-6-8-13(12)16(20(17,18)19)15(14)11(3)4;/h2*5-11H,1-4H3,(H,17,18,19);/q;;+2/p-2. The van der Waals surface area contributed by atoms with Gasteiger partial charge in [0.2, 0.25) is 0 Å². The Bertz CT molecular complexity index is 1630. The van der Waals surface area contributed by atoms with Crippen LogP contribution in [-0.2, 0) is 37.3 Å². The normalized spacial score (nSPS) is 12.2. The van der Waals surface area contributed by atoms with Crippen LogP contribution in [0.3, 0.4) is 0 Å². The first-order chi connectivity index (χ1) is 18.5. The Morgan fingerprint density at radius 3 is 1.05 bits per heavy atom. The van der Waals surface area contributed by atoms with Gasteiger partial charge in [-0.1, -0.05) is 116 Å². The van der Waals surface area contributed by atoms with Crippen LogP contribution in [0.25, 0.3) is 21.5 Å². The number of fused-ring (bicyclic) bond motifs is 2. The molecule has 4 rings (SSSR count). The molecule has 0 bridgehead atoms. The second-order valence-corrected chi connectivity index (χ2v) is 14.0. The van der Waals surface area contributed by atoms with Gasteiger partial charge in [0.25, 0.3) is 0 Å². The van der Waals surface area contributed by atoms with Crippen LogP contribution in [0.5, 0.6) is 0 Å². The van der Waals surface area contributed by atoms with Crippen LogP contribution < -0.4 is 0 Å². The zero-order valence-electron chi connectivity index (χ0n) is 24.7. The van der Waals surface area contributed by atoms with E-state index in [1.165, 1.54) is 0 Å². The maximum Gasteiger partial charge on any atom is 2.00 e. The van der Waals surface area contributed by atoms with E-state index in [2.05, 4.69) is 0 Å². The molecule has 0 amide bonds. The summed E-state index contributed by atoms with van der Waals surface area (Å²) in [5, 5.41) is 2.65. The van der Waals surface area contributed by atoms with Crippen LogP contribution in [0.4, 0.5) is 0 Å². The van der Waals surface area contributed by atoms with E-state index in [0.29, 0.717) is 21.9 Å². The van der Waals surface area contributed by atoms with Crippen LogP contribution in [0, 0.1) is 0 Å². The van der Waals surface area contributed by atoms with E-state index in [4.69, 9.17) is 0 Å². The number of hydrogen-bond donors (Lipinski definition) is 0. The summed E-state index contributed by atoms with van der Waals surface area (Å²) in [6, 6.07) is 18.3. The molecular weight excluding hydrogens is 600 g/mol. The predicted octanol–water partition coefficient (Wildman–Crippen LogP) is 7.98. The van der Waals surface area contributed by atoms with Crippen molar-refractivity contribution in [1.82, 2.24) is 0 Å². The van der Waals surface area contributed by atoms with Crippen molar-refractivity contribution in [2.24, 2.45) is 0 Å². The Balaban J connectivity index is 0.000000280. The minimum atomic E-state index is -4.51. The van der Waals surface area contributed by atoms with Crippen molar-refractivity contribution in [1.29, 1.82) is 0 Å². The summed E-state index contributed by atoms with van der Waals surface area (Å²) in [5.74, 6) is 0.293. The Morgan fingerprint density at radius 2 is 0.805 bits per heavy atom. The molecule has 41 heavy (non-hydrogen) atoms. The number of benzene rings is 4. The molecule has 0 aliphatic heterocycles. The van der Waals surface area contributed by atoms with Gasteiger partial charge in [0, 0.05) is 0 Å². The third-order valence-corrected chi connectivity index (χ3v) is 8.92. The molecule has 4 aromatic carbocycles. The molecule has 0 N–H and O–H groups in total. The molecule has 0 aliphatic rings. The van der Waals surface area contributed by atoms with E-state index in [1.807, 2.05) is 91.8 Å². The molecule has 4 aromatic rings. The van der Waals surface area contributed by atoms with E-state index in [0.717, 1.165) is 21.9 Å². The van der Waals surface area contributed by atoms with Gasteiger partial charge in [0.15, 0.2) is 0 Å². The Hall–Kier alpha value is -2.26. The molecule has 0 saturated heterocycles. The quantitative estimate of drug-likeness (QED) is 0.156. The molecule has 0 heterocycles. The summed E-state index contributed by atoms with van der Waals surface area (Å²) >= 11 is 0. The maximum absolute atomic E-state index is 11.8. The first kappa shape index (κ1) is 34.9. The molecule has 0 radical (unpaired) electrons. The second kappa shape index (κ2) is 13.4. The average molecular weight is 639 g/mol. The summed E-state index contributed by atoms with van der Waals surface area (Å²) in [6.07, 6.45) is 0. The van der Waals surface area contributed by atoms with Gasteiger partial charge in [-0.25, -0.2) is 16.8 Å². The zero-order chi connectivity index (χ0) is 30.2. The van der Waals surface area contributed by atoms with E-state index in [1.54, 1.807) is 24.3 Å². The Morgan fingerprint density at radius 1 is 0.512 bits per heavy atom. The van der Waals surface area contributed by atoms with Gasteiger partial charge in [-0.2, -0.15) is 0 Å². The molecule has 6 nitrogen and oxygen atoms in total. The van der Waals surface area contributed by atoms with E-state index < -0.39 is 20.2 Å². The van der Waals surface area contributed by atoms with E-state index >= 15 is 0 Å². The molecule has 0 fully saturated rings. The average Bonchev–Trinajstić information content (AvgIpc) is 2.85. The van der Waals surface area contributed by atoms with Crippen molar-refractivity contribution < 1.29 is 43.0 Å². The third-order valence-electron chi connectivity index (χ3n) is 7.04. The van der Waals surface area contributed by atoms with Crippen LogP contribution in [0.2, 0.25) is 0 Å².